The molecule has 9 heteroatoms. The minimum Gasteiger partial charge on any atom is -0.394 e. The molecule has 1 fully saturated rings. The summed E-state index contributed by atoms with van der Waals surface area (Å²) in [5, 5.41) is 52.7. The number of nitro benzene ring substituents is 1. The van der Waals surface area contributed by atoms with Crippen LogP contribution in [0, 0.1) is 10.1 Å². The van der Waals surface area contributed by atoms with Gasteiger partial charge in [-0.2, -0.15) is 0 Å². The molecule has 0 amide bonds. The second kappa shape index (κ2) is 6.33. The topological polar surface area (TPSA) is 147 Å². The van der Waals surface area contributed by atoms with Crippen LogP contribution in [0.5, 0.6) is 0 Å². The largest absolute Gasteiger partial charge is 0.394 e. The summed E-state index contributed by atoms with van der Waals surface area (Å²) in [5.74, 6) is 0. The van der Waals surface area contributed by atoms with Crippen molar-refractivity contribution in [1.82, 2.24) is 5.32 Å². The third-order valence-corrected chi connectivity index (χ3v) is 3.20. The van der Waals surface area contributed by atoms with Crippen molar-refractivity contribution in [3.05, 3.63) is 34.4 Å². The Bertz CT molecular complexity index is 493. The number of benzene rings is 1. The highest BCUT2D eigenvalue weighted by Crippen LogP contribution is 2.24. The van der Waals surface area contributed by atoms with Gasteiger partial charge in [0.05, 0.1) is 17.2 Å². The van der Waals surface area contributed by atoms with E-state index < -0.39 is 42.2 Å². The van der Waals surface area contributed by atoms with Gasteiger partial charge in [-0.15, -0.1) is 0 Å². The molecular weight excluding hydrogens is 284 g/mol. The molecule has 9 nitrogen and oxygen atoms in total. The molecule has 2 rings (SSSR count). The molecule has 1 aliphatic heterocycles. The fraction of sp³-hybridized carbons (Fsp3) is 0.500. The van der Waals surface area contributed by atoms with Gasteiger partial charge in [-0.1, -0.05) is 0 Å². The highest BCUT2D eigenvalue weighted by atomic mass is 16.6. The standard InChI is InChI=1S/C12H15N2O7/c15-5-8-9(16)10(17)11(18)12(21-8)13-6-1-3-7(4-2-6)14(19)20/h1-4,8-12,15-18H,5H2/t8-,9-,10+,11-,12?/m1/s1. The van der Waals surface area contributed by atoms with Gasteiger partial charge < -0.3 is 25.2 Å². The summed E-state index contributed by atoms with van der Waals surface area (Å²) in [7, 11) is 0. The maximum Gasteiger partial charge on any atom is 0.269 e. The number of hydrogen-bond acceptors (Lipinski definition) is 7. The molecule has 4 N–H and O–H groups in total. The Balaban J connectivity index is 2.08. The quantitative estimate of drug-likeness (QED) is 0.396. The summed E-state index contributed by atoms with van der Waals surface area (Å²) < 4.78 is 5.20. The number of nitro groups is 1. The summed E-state index contributed by atoms with van der Waals surface area (Å²) in [6.07, 6.45) is -6.67. The van der Waals surface area contributed by atoms with E-state index in [4.69, 9.17) is 9.84 Å². The molecule has 0 spiro atoms. The Morgan fingerprint density at radius 1 is 1.14 bits per heavy atom. The van der Waals surface area contributed by atoms with E-state index in [1.807, 2.05) is 0 Å². The minimum absolute atomic E-state index is 0.109. The first-order valence-corrected chi connectivity index (χ1v) is 6.20. The average Bonchev–Trinajstić information content (AvgIpc) is 2.48. The van der Waals surface area contributed by atoms with Crippen LogP contribution in [0.15, 0.2) is 24.3 Å². The number of non-ortho nitro benzene ring substituents is 1. The molecule has 1 aromatic carbocycles. The Hall–Kier alpha value is -1.78. The summed E-state index contributed by atoms with van der Waals surface area (Å²) in [6, 6.07) is 5.20. The first-order chi connectivity index (χ1) is 9.93. The molecule has 5 atom stereocenters. The fourth-order valence-electron chi connectivity index (χ4n) is 2.00. The zero-order valence-corrected chi connectivity index (χ0v) is 10.8. The zero-order chi connectivity index (χ0) is 15.6. The van der Waals surface area contributed by atoms with Gasteiger partial charge in [0, 0.05) is 12.1 Å². The third-order valence-electron chi connectivity index (χ3n) is 3.20. The van der Waals surface area contributed by atoms with Crippen LogP contribution in [0.25, 0.3) is 0 Å². The van der Waals surface area contributed by atoms with Crippen molar-refractivity contribution in [2.24, 2.45) is 0 Å². The van der Waals surface area contributed by atoms with Crippen LogP contribution in [-0.4, -0.2) is 62.6 Å². The molecule has 1 aromatic rings. The third kappa shape index (κ3) is 3.28. The molecule has 0 saturated carbocycles. The lowest BCUT2D eigenvalue weighted by Gasteiger charge is -2.39. The van der Waals surface area contributed by atoms with Crippen molar-refractivity contribution in [3.8, 4) is 0 Å². The van der Waals surface area contributed by atoms with Gasteiger partial charge in [0.1, 0.15) is 24.4 Å². The van der Waals surface area contributed by atoms with Crippen molar-refractivity contribution in [3.63, 3.8) is 0 Å². The molecular formula is C12H15N2O7. The fourth-order valence-corrected chi connectivity index (χ4v) is 2.00. The monoisotopic (exact) mass is 299 g/mol. The van der Waals surface area contributed by atoms with Crippen molar-refractivity contribution in [2.45, 2.75) is 30.6 Å². The maximum absolute atomic E-state index is 10.5. The second-order valence-electron chi connectivity index (χ2n) is 4.62. The van der Waals surface area contributed by atoms with Gasteiger partial charge in [-0.05, 0) is 12.1 Å². The number of ether oxygens (including phenoxy) is 1. The van der Waals surface area contributed by atoms with Gasteiger partial charge in [-0.3, -0.25) is 15.4 Å². The van der Waals surface area contributed by atoms with Crippen LogP contribution < -0.4 is 5.32 Å². The number of nitrogens with zero attached hydrogens (tertiary/aromatic N) is 2. The van der Waals surface area contributed by atoms with E-state index in [-0.39, 0.29) is 5.69 Å². The molecule has 1 heterocycles. The molecule has 1 aliphatic rings. The lowest BCUT2D eigenvalue weighted by Crippen LogP contribution is -2.60. The normalized spacial score (nSPS) is 32.7. The summed E-state index contributed by atoms with van der Waals surface area (Å²) in [5.41, 5.74) is 0.188. The van der Waals surface area contributed by atoms with Gasteiger partial charge in [0.25, 0.3) is 5.69 Å². The SMILES string of the molecule is O=[N+]([O-])c1ccc([N]C2O[C@H](CO)[C@@H](O)[C@H](O)[C@H]2O)cc1. The number of hydrogen-bond donors (Lipinski definition) is 4. The van der Waals surface area contributed by atoms with E-state index >= 15 is 0 Å². The minimum atomic E-state index is -1.51. The first kappa shape index (κ1) is 15.6. The number of rotatable bonds is 4. The smallest absolute Gasteiger partial charge is 0.269 e. The lowest BCUT2D eigenvalue weighted by atomic mass is 9.98. The van der Waals surface area contributed by atoms with Crippen LogP contribution in [0.2, 0.25) is 0 Å². The molecule has 0 aromatic heterocycles. The van der Waals surface area contributed by atoms with Gasteiger partial charge >= 0.3 is 0 Å². The Kier molecular flexibility index (Phi) is 4.70. The van der Waals surface area contributed by atoms with Crippen LogP contribution in [0.4, 0.5) is 11.4 Å². The van der Waals surface area contributed by atoms with Crippen LogP contribution in [0.1, 0.15) is 0 Å². The average molecular weight is 299 g/mol. The Labute approximate surface area is 119 Å². The summed E-state index contributed by atoms with van der Waals surface area (Å²) in [6.45, 7) is -0.544. The number of aliphatic hydroxyl groups is 4. The van der Waals surface area contributed by atoms with E-state index in [1.54, 1.807) is 0 Å². The Morgan fingerprint density at radius 3 is 2.29 bits per heavy atom. The lowest BCUT2D eigenvalue weighted by molar-refractivity contribution is -0.384. The maximum atomic E-state index is 10.5. The van der Waals surface area contributed by atoms with E-state index in [0.29, 0.717) is 5.69 Å². The second-order valence-corrected chi connectivity index (χ2v) is 4.62. The first-order valence-electron chi connectivity index (χ1n) is 6.20. The van der Waals surface area contributed by atoms with E-state index in [2.05, 4.69) is 5.32 Å². The van der Waals surface area contributed by atoms with Crippen LogP contribution in [-0.2, 0) is 4.74 Å². The van der Waals surface area contributed by atoms with Crippen LogP contribution in [0.3, 0.4) is 0 Å². The summed E-state index contributed by atoms with van der Waals surface area (Å²) in [4.78, 5) is 9.98. The van der Waals surface area contributed by atoms with Gasteiger partial charge in [-0.25, -0.2) is 0 Å². The summed E-state index contributed by atoms with van der Waals surface area (Å²) >= 11 is 0. The van der Waals surface area contributed by atoms with Crippen molar-refractivity contribution in [2.75, 3.05) is 6.61 Å². The van der Waals surface area contributed by atoms with E-state index in [1.165, 1.54) is 24.3 Å². The highest BCUT2D eigenvalue weighted by molar-refractivity contribution is 5.43. The van der Waals surface area contributed by atoms with Crippen molar-refractivity contribution < 1.29 is 30.1 Å². The molecule has 1 unspecified atom stereocenters. The molecule has 21 heavy (non-hydrogen) atoms. The Morgan fingerprint density at radius 2 is 1.76 bits per heavy atom. The molecule has 1 saturated heterocycles. The van der Waals surface area contributed by atoms with Crippen molar-refractivity contribution in [1.29, 1.82) is 0 Å². The van der Waals surface area contributed by atoms with Crippen LogP contribution >= 0.6 is 0 Å². The van der Waals surface area contributed by atoms with Crippen molar-refractivity contribution >= 4 is 11.4 Å². The van der Waals surface area contributed by atoms with E-state index in [0.717, 1.165) is 0 Å². The molecule has 0 bridgehead atoms. The number of aliphatic hydroxyl groups excluding tert-OH is 4. The predicted molar refractivity (Wildman–Crippen MR) is 68.7 cm³/mol. The molecule has 0 aliphatic carbocycles. The molecule has 115 valence electrons. The zero-order valence-electron chi connectivity index (χ0n) is 10.8. The van der Waals surface area contributed by atoms with Gasteiger partial charge in [0.2, 0.25) is 0 Å². The van der Waals surface area contributed by atoms with Gasteiger partial charge in [0.15, 0.2) is 6.23 Å². The highest BCUT2D eigenvalue weighted by Gasteiger charge is 2.44. The molecule has 1 radical (unpaired) electrons. The van der Waals surface area contributed by atoms with E-state index in [9.17, 15) is 25.4 Å². The predicted octanol–water partition coefficient (Wildman–Crippen LogP) is -1.37.